The molecule has 0 aliphatic heterocycles. The van der Waals surface area contributed by atoms with E-state index in [2.05, 4.69) is 0 Å². The molecule has 0 aliphatic carbocycles. The lowest BCUT2D eigenvalue weighted by atomic mass is 10.1. The first-order valence-electron chi connectivity index (χ1n) is 6.48. The SMILES string of the molecule is CC(c1ccccc1Cl)N(C)C(=O)c1ccc(F)c(N)c1. The number of nitrogens with zero attached hydrogens (tertiary/aromatic N) is 1. The predicted molar refractivity (Wildman–Crippen MR) is 82.8 cm³/mol. The van der Waals surface area contributed by atoms with Gasteiger partial charge in [0.25, 0.3) is 5.91 Å². The van der Waals surface area contributed by atoms with Crippen LogP contribution in [0.1, 0.15) is 28.9 Å². The second-order valence-corrected chi connectivity index (χ2v) is 5.26. The highest BCUT2D eigenvalue weighted by atomic mass is 35.5. The monoisotopic (exact) mass is 306 g/mol. The predicted octanol–water partition coefficient (Wildman–Crippen LogP) is 3.89. The third-order valence-corrected chi connectivity index (χ3v) is 3.84. The van der Waals surface area contributed by atoms with Crippen LogP contribution in [0.25, 0.3) is 0 Å². The lowest BCUT2D eigenvalue weighted by molar-refractivity contribution is 0.0742. The van der Waals surface area contributed by atoms with Gasteiger partial charge in [0.15, 0.2) is 0 Å². The molecule has 0 radical (unpaired) electrons. The van der Waals surface area contributed by atoms with Crippen LogP contribution in [0.15, 0.2) is 42.5 Å². The van der Waals surface area contributed by atoms with E-state index in [1.165, 1.54) is 18.2 Å². The number of halogens is 2. The minimum atomic E-state index is -0.534. The summed E-state index contributed by atoms with van der Waals surface area (Å²) in [5.41, 5.74) is 6.66. The minimum absolute atomic E-state index is 0.0420. The van der Waals surface area contributed by atoms with Crippen molar-refractivity contribution in [1.82, 2.24) is 4.90 Å². The maximum Gasteiger partial charge on any atom is 0.254 e. The normalized spacial score (nSPS) is 12.0. The van der Waals surface area contributed by atoms with Gasteiger partial charge in [0, 0.05) is 17.6 Å². The van der Waals surface area contributed by atoms with Gasteiger partial charge in [0.05, 0.1) is 11.7 Å². The number of amides is 1. The van der Waals surface area contributed by atoms with Crippen molar-refractivity contribution in [1.29, 1.82) is 0 Å². The Balaban J connectivity index is 2.26. The van der Waals surface area contributed by atoms with Crippen LogP contribution >= 0.6 is 11.6 Å². The van der Waals surface area contributed by atoms with Gasteiger partial charge in [-0.15, -0.1) is 0 Å². The number of hydrogen-bond acceptors (Lipinski definition) is 2. The van der Waals surface area contributed by atoms with Crippen molar-refractivity contribution in [2.75, 3.05) is 12.8 Å². The van der Waals surface area contributed by atoms with Gasteiger partial charge in [-0.2, -0.15) is 0 Å². The average Bonchev–Trinajstić information content (AvgIpc) is 2.48. The van der Waals surface area contributed by atoms with E-state index < -0.39 is 5.82 Å². The highest BCUT2D eigenvalue weighted by molar-refractivity contribution is 6.31. The number of nitrogen functional groups attached to an aromatic ring is 1. The molecule has 2 aromatic carbocycles. The van der Waals surface area contributed by atoms with Gasteiger partial charge in [-0.1, -0.05) is 29.8 Å². The molecule has 5 heteroatoms. The Hall–Kier alpha value is -2.07. The van der Waals surface area contributed by atoms with E-state index in [9.17, 15) is 9.18 Å². The van der Waals surface area contributed by atoms with Crippen molar-refractivity contribution < 1.29 is 9.18 Å². The Morgan fingerprint density at radius 1 is 1.29 bits per heavy atom. The number of benzene rings is 2. The fourth-order valence-corrected chi connectivity index (χ4v) is 2.37. The summed E-state index contributed by atoms with van der Waals surface area (Å²) in [4.78, 5) is 14.0. The maximum absolute atomic E-state index is 13.2. The summed E-state index contributed by atoms with van der Waals surface area (Å²) in [6.45, 7) is 1.88. The molecule has 0 saturated carbocycles. The number of carbonyl (C=O) groups excluding carboxylic acids is 1. The molecule has 0 saturated heterocycles. The number of carbonyl (C=O) groups is 1. The lowest BCUT2D eigenvalue weighted by Gasteiger charge is -2.26. The summed E-state index contributed by atoms with van der Waals surface area (Å²) in [6.07, 6.45) is 0. The maximum atomic E-state index is 13.2. The average molecular weight is 307 g/mol. The topological polar surface area (TPSA) is 46.3 Å². The molecule has 21 heavy (non-hydrogen) atoms. The summed E-state index contributed by atoms with van der Waals surface area (Å²) in [7, 11) is 1.68. The van der Waals surface area contributed by atoms with Gasteiger partial charge in [0.2, 0.25) is 0 Å². The molecule has 2 N–H and O–H groups in total. The van der Waals surface area contributed by atoms with Gasteiger partial charge in [-0.05, 0) is 36.8 Å². The summed E-state index contributed by atoms with van der Waals surface area (Å²) >= 11 is 6.15. The molecule has 1 unspecified atom stereocenters. The van der Waals surface area contributed by atoms with Crippen molar-refractivity contribution in [3.63, 3.8) is 0 Å². The smallest absolute Gasteiger partial charge is 0.254 e. The molecule has 1 atom stereocenters. The molecule has 1 amide bonds. The van der Waals surface area contributed by atoms with Crippen molar-refractivity contribution in [2.24, 2.45) is 0 Å². The zero-order valence-corrected chi connectivity index (χ0v) is 12.6. The zero-order valence-electron chi connectivity index (χ0n) is 11.8. The third-order valence-electron chi connectivity index (χ3n) is 3.50. The Bertz CT molecular complexity index is 675. The molecular formula is C16H16ClFN2O. The van der Waals surface area contributed by atoms with Gasteiger partial charge in [-0.25, -0.2) is 4.39 Å². The Kier molecular flexibility index (Phi) is 4.48. The third kappa shape index (κ3) is 3.16. The number of anilines is 1. The van der Waals surface area contributed by atoms with Crippen molar-refractivity contribution >= 4 is 23.2 Å². The van der Waals surface area contributed by atoms with Crippen molar-refractivity contribution in [3.05, 3.63) is 64.4 Å². The fourth-order valence-electron chi connectivity index (χ4n) is 2.08. The summed E-state index contributed by atoms with van der Waals surface area (Å²) in [5.74, 6) is -0.775. The van der Waals surface area contributed by atoms with Gasteiger partial charge in [-0.3, -0.25) is 4.79 Å². The highest BCUT2D eigenvalue weighted by Crippen LogP contribution is 2.27. The molecule has 2 rings (SSSR count). The molecule has 0 fully saturated rings. The van der Waals surface area contributed by atoms with Crippen LogP contribution < -0.4 is 5.73 Å². The molecule has 0 heterocycles. The highest BCUT2D eigenvalue weighted by Gasteiger charge is 2.21. The van der Waals surface area contributed by atoms with Crippen LogP contribution in [0.5, 0.6) is 0 Å². The van der Waals surface area contributed by atoms with Crippen LogP contribution in [0.4, 0.5) is 10.1 Å². The van der Waals surface area contributed by atoms with Gasteiger partial charge in [0.1, 0.15) is 5.82 Å². The van der Waals surface area contributed by atoms with Crippen LogP contribution in [0, 0.1) is 5.82 Å². The van der Waals surface area contributed by atoms with E-state index >= 15 is 0 Å². The quantitative estimate of drug-likeness (QED) is 0.874. The largest absolute Gasteiger partial charge is 0.396 e. The molecule has 0 spiro atoms. The van der Waals surface area contributed by atoms with E-state index in [1.54, 1.807) is 18.0 Å². The van der Waals surface area contributed by atoms with E-state index in [1.807, 2.05) is 25.1 Å². The number of hydrogen-bond donors (Lipinski definition) is 1. The summed E-state index contributed by atoms with van der Waals surface area (Å²) < 4.78 is 13.2. The number of rotatable bonds is 3. The van der Waals surface area contributed by atoms with Crippen LogP contribution in [0.2, 0.25) is 5.02 Å². The summed E-state index contributed by atoms with van der Waals surface area (Å²) in [6, 6.07) is 11.1. The van der Waals surface area contributed by atoms with Gasteiger partial charge >= 0.3 is 0 Å². The Morgan fingerprint density at radius 3 is 2.57 bits per heavy atom. The Morgan fingerprint density at radius 2 is 1.95 bits per heavy atom. The first kappa shape index (κ1) is 15.3. The molecule has 0 bridgehead atoms. The second-order valence-electron chi connectivity index (χ2n) is 4.85. The van der Waals surface area contributed by atoms with Crippen LogP contribution in [0.3, 0.4) is 0 Å². The molecular weight excluding hydrogens is 291 g/mol. The summed E-state index contributed by atoms with van der Waals surface area (Å²) in [5, 5.41) is 0.600. The first-order chi connectivity index (χ1) is 9.91. The lowest BCUT2D eigenvalue weighted by Crippen LogP contribution is -2.29. The van der Waals surface area contributed by atoms with E-state index in [0.717, 1.165) is 5.56 Å². The van der Waals surface area contributed by atoms with Crippen LogP contribution in [-0.4, -0.2) is 17.9 Å². The molecule has 0 aliphatic rings. The van der Waals surface area contributed by atoms with Crippen LogP contribution in [-0.2, 0) is 0 Å². The van der Waals surface area contributed by atoms with Crippen molar-refractivity contribution in [3.8, 4) is 0 Å². The molecule has 110 valence electrons. The molecule has 3 nitrogen and oxygen atoms in total. The van der Waals surface area contributed by atoms with E-state index in [4.69, 9.17) is 17.3 Å². The Labute approximate surface area is 128 Å². The molecule has 0 aromatic heterocycles. The van der Waals surface area contributed by atoms with Crippen molar-refractivity contribution in [2.45, 2.75) is 13.0 Å². The van der Waals surface area contributed by atoms with E-state index in [-0.39, 0.29) is 17.6 Å². The number of nitrogens with two attached hydrogens (primary N) is 1. The second kappa shape index (κ2) is 6.14. The zero-order chi connectivity index (χ0) is 15.6. The fraction of sp³-hybridized carbons (Fsp3) is 0.188. The van der Waals surface area contributed by atoms with E-state index in [0.29, 0.717) is 10.6 Å². The molecule has 2 aromatic rings. The minimum Gasteiger partial charge on any atom is -0.396 e. The van der Waals surface area contributed by atoms with Gasteiger partial charge < -0.3 is 10.6 Å². The first-order valence-corrected chi connectivity index (χ1v) is 6.86. The standard InChI is InChI=1S/C16H16ClFN2O/c1-10(12-5-3-4-6-13(12)17)20(2)16(21)11-7-8-14(18)15(19)9-11/h3-10H,19H2,1-2H3.